The van der Waals surface area contributed by atoms with Gasteiger partial charge in [-0.2, -0.15) is 0 Å². The molecular weight excluding hydrogens is 695 g/mol. The standard InChI is InChI=1S/C49H33N3S2/c1-49(2)38-18-10-9-17-34(38)36-27-37-35-25-26-45-47(54-44-20-12-11-19-43(44)53-45)46(35)52(42(37)28-39(36)49)33-23-21-31(22-24-33)41-29-40(30-13-5-3-6-14-30)50-48(51-41)32-15-7-4-8-16-32/h3-29H,1-2H3. The van der Waals surface area contributed by atoms with Crippen LogP contribution in [0.1, 0.15) is 25.0 Å². The summed E-state index contributed by atoms with van der Waals surface area (Å²) in [7, 11) is 0. The summed E-state index contributed by atoms with van der Waals surface area (Å²) in [6.45, 7) is 4.73. The van der Waals surface area contributed by atoms with Gasteiger partial charge in [-0.25, -0.2) is 9.97 Å². The lowest BCUT2D eigenvalue weighted by Gasteiger charge is -2.22. The molecule has 0 spiro atoms. The molecule has 2 aromatic heterocycles. The minimum absolute atomic E-state index is 0.103. The molecule has 3 heterocycles. The van der Waals surface area contributed by atoms with Gasteiger partial charge in [0.25, 0.3) is 0 Å². The maximum Gasteiger partial charge on any atom is 0.160 e. The van der Waals surface area contributed by atoms with Crippen molar-refractivity contribution in [2.24, 2.45) is 0 Å². The highest BCUT2D eigenvalue weighted by Crippen LogP contribution is 2.55. The van der Waals surface area contributed by atoms with E-state index in [1.54, 1.807) is 0 Å². The van der Waals surface area contributed by atoms with Crippen LogP contribution >= 0.6 is 23.5 Å². The van der Waals surface area contributed by atoms with E-state index in [0.29, 0.717) is 0 Å². The summed E-state index contributed by atoms with van der Waals surface area (Å²) < 4.78 is 2.51. The van der Waals surface area contributed by atoms with Gasteiger partial charge in [0.1, 0.15) is 0 Å². The Bertz CT molecular complexity index is 2890. The van der Waals surface area contributed by atoms with Gasteiger partial charge in [-0.1, -0.05) is 153 Å². The molecule has 0 amide bonds. The summed E-state index contributed by atoms with van der Waals surface area (Å²) in [5, 5.41) is 2.56. The number of hydrogen-bond acceptors (Lipinski definition) is 4. The number of rotatable bonds is 4. The van der Waals surface area contributed by atoms with Crippen molar-refractivity contribution in [1.29, 1.82) is 0 Å². The molecule has 0 fully saturated rings. The molecule has 2 aliphatic rings. The molecule has 256 valence electrons. The fourth-order valence-electron chi connectivity index (χ4n) is 8.39. The molecule has 7 aromatic carbocycles. The van der Waals surface area contributed by atoms with E-state index in [1.807, 2.05) is 47.8 Å². The van der Waals surface area contributed by atoms with Crippen molar-refractivity contribution in [3.63, 3.8) is 0 Å². The van der Waals surface area contributed by atoms with E-state index in [1.165, 1.54) is 63.6 Å². The average molecular weight is 728 g/mol. The molecule has 9 aromatic rings. The van der Waals surface area contributed by atoms with Crippen molar-refractivity contribution < 1.29 is 0 Å². The minimum Gasteiger partial charge on any atom is -0.308 e. The van der Waals surface area contributed by atoms with Crippen molar-refractivity contribution in [1.82, 2.24) is 14.5 Å². The molecule has 1 aliphatic heterocycles. The van der Waals surface area contributed by atoms with Gasteiger partial charge in [-0.05, 0) is 70.8 Å². The summed E-state index contributed by atoms with van der Waals surface area (Å²) in [5.41, 5.74) is 13.9. The Morgan fingerprint density at radius 2 is 1.11 bits per heavy atom. The van der Waals surface area contributed by atoms with E-state index in [0.717, 1.165) is 39.6 Å². The SMILES string of the molecule is CC1(C)c2ccccc2-c2cc3c4ccc5c(c4n(-c4ccc(-c6cc(-c7ccccc7)nc(-c7ccccc7)n6)cc4)c3cc21)Sc1ccccc1S5. The average Bonchev–Trinajstić information content (AvgIpc) is 3.68. The van der Waals surface area contributed by atoms with Crippen LogP contribution in [0.4, 0.5) is 0 Å². The third kappa shape index (κ3) is 4.85. The molecule has 0 bridgehead atoms. The monoisotopic (exact) mass is 727 g/mol. The van der Waals surface area contributed by atoms with E-state index in [9.17, 15) is 0 Å². The second-order valence-corrected chi connectivity index (χ2v) is 16.7. The largest absolute Gasteiger partial charge is 0.308 e. The van der Waals surface area contributed by atoms with Crippen molar-refractivity contribution >= 4 is 45.3 Å². The van der Waals surface area contributed by atoms with Crippen LogP contribution in [0.25, 0.3) is 72.5 Å². The fraction of sp³-hybridized carbons (Fsp3) is 0.0612. The molecule has 0 atom stereocenters. The lowest BCUT2D eigenvalue weighted by Crippen LogP contribution is -2.15. The fourth-order valence-corrected chi connectivity index (χ4v) is 10.8. The van der Waals surface area contributed by atoms with Crippen LogP contribution in [-0.2, 0) is 5.41 Å². The van der Waals surface area contributed by atoms with Crippen LogP contribution in [0.3, 0.4) is 0 Å². The number of fused-ring (bicyclic) bond motifs is 9. The van der Waals surface area contributed by atoms with Crippen LogP contribution in [0.15, 0.2) is 183 Å². The Balaban J connectivity index is 1.12. The molecule has 54 heavy (non-hydrogen) atoms. The highest BCUT2D eigenvalue weighted by atomic mass is 32.2. The van der Waals surface area contributed by atoms with Gasteiger partial charge in [0, 0.05) is 53.3 Å². The van der Waals surface area contributed by atoms with Crippen molar-refractivity contribution in [2.75, 3.05) is 0 Å². The van der Waals surface area contributed by atoms with Gasteiger partial charge < -0.3 is 4.57 Å². The molecule has 1 aliphatic carbocycles. The van der Waals surface area contributed by atoms with Crippen molar-refractivity contribution in [2.45, 2.75) is 38.8 Å². The van der Waals surface area contributed by atoms with E-state index < -0.39 is 0 Å². The molecule has 0 unspecified atom stereocenters. The Morgan fingerprint density at radius 3 is 1.85 bits per heavy atom. The zero-order valence-electron chi connectivity index (χ0n) is 29.7. The summed E-state index contributed by atoms with van der Waals surface area (Å²) in [6, 6.07) is 59.0. The third-order valence-electron chi connectivity index (χ3n) is 11.1. The van der Waals surface area contributed by atoms with Crippen LogP contribution < -0.4 is 0 Å². The molecule has 0 saturated heterocycles. The summed E-state index contributed by atoms with van der Waals surface area (Å²) in [6.07, 6.45) is 0. The van der Waals surface area contributed by atoms with Crippen LogP contribution in [0.2, 0.25) is 0 Å². The molecule has 0 saturated carbocycles. The highest BCUT2D eigenvalue weighted by Gasteiger charge is 2.36. The Kier molecular flexibility index (Phi) is 7.07. The van der Waals surface area contributed by atoms with Gasteiger partial charge >= 0.3 is 0 Å². The predicted octanol–water partition coefficient (Wildman–Crippen LogP) is 13.5. The van der Waals surface area contributed by atoms with Gasteiger partial charge in [0.2, 0.25) is 0 Å². The quantitative estimate of drug-likeness (QED) is 0.181. The van der Waals surface area contributed by atoms with E-state index in [4.69, 9.17) is 9.97 Å². The lowest BCUT2D eigenvalue weighted by molar-refractivity contribution is 0.661. The smallest absolute Gasteiger partial charge is 0.160 e. The first-order valence-corrected chi connectivity index (χ1v) is 20.0. The molecule has 0 N–H and O–H groups in total. The van der Waals surface area contributed by atoms with Gasteiger partial charge in [0.05, 0.1) is 27.3 Å². The zero-order chi connectivity index (χ0) is 36.0. The number of hydrogen-bond donors (Lipinski definition) is 0. The second kappa shape index (κ2) is 12.1. The predicted molar refractivity (Wildman–Crippen MR) is 225 cm³/mol. The number of benzene rings is 7. The van der Waals surface area contributed by atoms with Crippen molar-refractivity contribution in [3.05, 3.63) is 175 Å². The van der Waals surface area contributed by atoms with E-state index in [-0.39, 0.29) is 5.41 Å². The van der Waals surface area contributed by atoms with Gasteiger partial charge in [0.15, 0.2) is 5.82 Å². The summed E-state index contributed by atoms with van der Waals surface area (Å²) >= 11 is 3.77. The molecular formula is C49H33N3S2. The third-order valence-corrected chi connectivity index (χ3v) is 13.7. The highest BCUT2D eigenvalue weighted by molar-refractivity contribution is 8.05. The zero-order valence-corrected chi connectivity index (χ0v) is 31.4. The number of nitrogens with zero attached hydrogens (tertiary/aromatic N) is 3. The minimum atomic E-state index is -0.103. The van der Waals surface area contributed by atoms with Crippen LogP contribution in [-0.4, -0.2) is 14.5 Å². The first kappa shape index (κ1) is 31.6. The van der Waals surface area contributed by atoms with Gasteiger partial charge in [-0.3, -0.25) is 0 Å². The van der Waals surface area contributed by atoms with Crippen molar-refractivity contribution in [3.8, 4) is 50.7 Å². The first-order chi connectivity index (χ1) is 26.5. The molecule has 5 heteroatoms. The van der Waals surface area contributed by atoms with E-state index >= 15 is 0 Å². The van der Waals surface area contributed by atoms with Crippen LogP contribution in [0, 0.1) is 0 Å². The maximum absolute atomic E-state index is 5.12. The first-order valence-electron chi connectivity index (χ1n) is 18.3. The molecule has 0 radical (unpaired) electrons. The Labute approximate surface area is 322 Å². The Hall–Kier alpha value is -5.88. The maximum atomic E-state index is 5.12. The molecule has 11 rings (SSSR count). The Morgan fingerprint density at radius 1 is 0.481 bits per heavy atom. The van der Waals surface area contributed by atoms with Gasteiger partial charge in [-0.15, -0.1) is 0 Å². The lowest BCUT2D eigenvalue weighted by atomic mass is 9.82. The topological polar surface area (TPSA) is 30.7 Å². The normalized spacial score (nSPS) is 13.7. The number of aromatic nitrogens is 3. The molecule has 3 nitrogen and oxygen atoms in total. The summed E-state index contributed by atoms with van der Waals surface area (Å²) in [5.74, 6) is 0.720. The van der Waals surface area contributed by atoms with Crippen LogP contribution in [0.5, 0.6) is 0 Å². The second-order valence-electron chi connectivity index (χ2n) is 14.6. The van der Waals surface area contributed by atoms with E-state index in [2.05, 4.69) is 158 Å². The summed E-state index contributed by atoms with van der Waals surface area (Å²) in [4.78, 5) is 15.4.